The van der Waals surface area contributed by atoms with Crippen LogP contribution in [-0.4, -0.2) is 34.0 Å². The number of hydrogen-bond donors (Lipinski definition) is 1. The average molecular weight is 391 g/mol. The van der Waals surface area contributed by atoms with Gasteiger partial charge < -0.3 is 10.1 Å². The van der Waals surface area contributed by atoms with Gasteiger partial charge in [-0.2, -0.15) is 5.10 Å². The van der Waals surface area contributed by atoms with Gasteiger partial charge in [0.25, 0.3) is 0 Å². The molecule has 0 unspecified atom stereocenters. The topological polar surface area (TPSA) is 90.3 Å². The lowest BCUT2D eigenvalue weighted by atomic mass is 10.3. The van der Waals surface area contributed by atoms with Gasteiger partial charge in [-0.3, -0.25) is 14.3 Å². The fraction of sp³-hybridized carbons (Fsp3) is 0.294. The molecule has 0 aliphatic rings. The molecule has 0 saturated heterocycles. The number of aromatic nitrogens is 2. The molecule has 0 aromatic carbocycles. The Kier molecular flexibility index (Phi) is 5.19. The summed E-state index contributed by atoms with van der Waals surface area (Å²) in [4.78, 5) is 38.0. The number of nitrogens with zero attached hydrogens (tertiary/aromatic N) is 2. The van der Waals surface area contributed by atoms with Crippen molar-refractivity contribution in [1.82, 2.24) is 15.1 Å². The van der Waals surface area contributed by atoms with Crippen molar-refractivity contribution in [1.29, 1.82) is 0 Å². The Morgan fingerprint density at radius 3 is 2.69 bits per heavy atom. The van der Waals surface area contributed by atoms with E-state index in [-0.39, 0.29) is 18.3 Å². The van der Waals surface area contributed by atoms with Crippen molar-refractivity contribution in [3.05, 3.63) is 38.5 Å². The second-order valence-electron chi connectivity index (χ2n) is 5.71. The second-order valence-corrected chi connectivity index (χ2v) is 7.91. The molecule has 3 aromatic heterocycles. The second kappa shape index (κ2) is 7.38. The van der Waals surface area contributed by atoms with E-state index in [1.807, 2.05) is 14.0 Å². The highest BCUT2D eigenvalue weighted by Crippen LogP contribution is 2.28. The molecule has 0 aliphatic heterocycles. The standard InChI is InChI=1S/C17H17N3O4S2/c1-9-12-6-15(26-16(12)20(3)19-9)17(23)24-8-13(22)14-5-4-11(25-14)7-18-10(2)21/h4-6H,7-8H2,1-3H3,(H,18,21). The third kappa shape index (κ3) is 3.83. The number of ketones is 1. The Balaban J connectivity index is 1.60. The molecular formula is C17H17N3O4S2. The molecule has 3 heterocycles. The Bertz CT molecular complexity index is 965. The number of carbonyl (C=O) groups excluding carboxylic acids is 3. The first-order chi connectivity index (χ1) is 12.3. The first-order valence-corrected chi connectivity index (χ1v) is 9.45. The number of amides is 1. The SMILES string of the molecule is CC(=O)NCc1ccc(C(=O)COC(=O)c2cc3c(C)nn(C)c3s2)s1. The molecule has 0 saturated carbocycles. The van der Waals surface area contributed by atoms with E-state index in [2.05, 4.69) is 10.4 Å². The molecule has 0 aliphatic carbocycles. The lowest BCUT2D eigenvalue weighted by Gasteiger charge is -2.01. The number of ether oxygens (including phenoxy) is 1. The normalized spacial score (nSPS) is 10.9. The van der Waals surface area contributed by atoms with Crippen molar-refractivity contribution in [2.45, 2.75) is 20.4 Å². The summed E-state index contributed by atoms with van der Waals surface area (Å²) < 4.78 is 6.88. The number of aryl methyl sites for hydroxylation is 2. The van der Waals surface area contributed by atoms with Crippen LogP contribution in [0, 0.1) is 6.92 Å². The predicted octanol–water partition coefficient (Wildman–Crippen LogP) is 2.68. The lowest BCUT2D eigenvalue weighted by Crippen LogP contribution is -2.18. The van der Waals surface area contributed by atoms with Crippen LogP contribution in [0.15, 0.2) is 18.2 Å². The van der Waals surface area contributed by atoms with Crippen LogP contribution in [0.3, 0.4) is 0 Å². The quantitative estimate of drug-likeness (QED) is 0.515. The van der Waals surface area contributed by atoms with Crippen molar-refractivity contribution in [3.63, 3.8) is 0 Å². The number of carbonyl (C=O) groups is 3. The molecule has 1 amide bonds. The molecule has 0 spiro atoms. The largest absolute Gasteiger partial charge is 0.453 e. The van der Waals surface area contributed by atoms with Crippen molar-refractivity contribution in [2.75, 3.05) is 6.61 Å². The van der Waals surface area contributed by atoms with Crippen LogP contribution in [0.2, 0.25) is 0 Å². The average Bonchev–Trinajstić information content (AvgIpc) is 3.28. The first kappa shape index (κ1) is 18.3. The van der Waals surface area contributed by atoms with Crippen molar-refractivity contribution >= 4 is 50.5 Å². The van der Waals surface area contributed by atoms with Gasteiger partial charge in [-0.15, -0.1) is 22.7 Å². The number of thiophene rings is 2. The summed E-state index contributed by atoms with van der Waals surface area (Å²) in [5.41, 5.74) is 0.846. The van der Waals surface area contributed by atoms with E-state index in [9.17, 15) is 14.4 Å². The third-order valence-corrected chi connectivity index (χ3v) is 5.99. The Morgan fingerprint density at radius 1 is 1.23 bits per heavy atom. The predicted molar refractivity (Wildman–Crippen MR) is 99.8 cm³/mol. The molecule has 26 heavy (non-hydrogen) atoms. The number of hydrogen-bond acceptors (Lipinski definition) is 7. The van der Waals surface area contributed by atoms with E-state index in [1.54, 1.807) is 22.9 Å². The maximum absolute atomic E-state index is 12.2. The van der Waals surface area contributed by atoms with Crippen LogP contribution in [0.1, 0.15) is 36.8 Å². The van der Waals surface area contributed by atoms with Crippen LogP contribution in [-0.2, 0) is 23.1 Å². The van der Waals surface area contributed by atoms with Gasteiger partial charge in [-0.25, -0.2) is 4.79 Å². The van der Waals surface area contributed by atoms with Gasteiger partial charge in [0, 0.05) is 24.2 Å². The zero-order chi connectivity index (χ0) is 18.8. The Hall–Kier alpha value is -2.52. The zero-order valence-electron chi connectivity index (χ0n) is 14.5. The van der Waals surface area contributed by atoms with Crippen LogP contribution in [0.5, 0.6) is 0 Å². The molecule has 9 heteroatoms. The number of rotatable bonds is 6. The number of nitrogens with one attached hydrogen (secondary N) is 1. The highest BCUT2D eigenvalue weighted by Gasteiger charge is 2.18. The van der Waals surface area contributed by atoms with Gasteiger partial charge in [0.15, 0.2) is 6.61 Å². The minimum atomic E-state index is -0.519. The summed E-state index contributed by atoms with van der Waals surface area (Å²) in [5.74, 6) is -0.917. The van der Waals surface area contributed by atoms with E-state index in [0.717, 1.165) is 20.8 Å². The van der Waals surface area contributed by atoms with Gasteiger partial charge in [-0.1, -0.05) is 0 Å². The molecule has 1 N–H and O–H groups in total. The number of esters is 1. The number of fused-ring (bicyclic) bond motifs is 1. The molecule has 3 aromatic rings. The summed E-state index contributed by atoms with van der Waals surface area (Å²) in [7, 11) is 1.82. The fourth-order valence-corrected chi connectivity index (χ4v) is 4.30. The highest BCUT2D eigenvalue weighted by molar-refractivity contribution is 7.20. The van der Waals surface area contributed by atoms with E-state index in [0.29, 0.717) is 16.3 Å². The van der Waals surface area contributed by atoms with Crippen molar-refractivity contribution in [2.24, 2.45) is 7.05 Å². The number of Topliss-reactive ketones (excluding diaryl/α,β-unsaturated/α-hetero) is 1. The van der Waals surface area contributed by atoms with Crippen LogP contribution in [0.4, 0.5) is 0 Å². The van der Waals surface area contributed by atoms with Crippen molar-refractivity contribution < 1.29 is 19.1 Å². The zero-order valence-corrected chi connectivity index (χ0v) is 16.1. The molecule has 0 atom stereocenters. The molecule has 3 rings (SSSR count). The van der Waals surface area contributed by atoms with Crippen LogP contribution in [0.25, 0.3) is 10.2 Å². The maximum atomic E-state index is 12.2. The first-order valence-electron chi connectivity index (χ1n) is 7.81. The van der Waals surface area contributed by atoms with E-state index in [1.165, 1.54) is 29.6 Å². The summed E-state index contributed by atoms with van der Waals surface area (Å²) in [6.45, 7) is 3.38. The van der Waals surface area contributed by atoms with Gasteiger partial charge >= 0.3 is 5.97 Å². The van der Waals surface area contributed by atoms with Gasteiger partial charge in [0.2, 0.25) is 11.7 Å². The van der Waals surface area contributed by atoms with Crippen molar-refractivity contribution in [3.8, 4) is 0 Å². The monoisotopic (exact) mass is 391 g/mol. The summed E-state index contributed by atoms with van der Waals surface area (Å²) in [5, 5.41) is 7.88. The van der Waals surface area contributed by atoms with Crippen LogP contribution >= 0.6 is 22.7 Å². The van der Waals surface area contributed by atoms with E-state index < -0.39 is 5.97 Å². The Morgan fingerprint density at radius 2 is 2.00 bits per heavy atom. The maximum Gasteiger partial charge on any atom is 0.348 e. The fourth-order valence-electron chi connectivity index (χ4n) is 2.41. The van der Waals surface area contributed by atoms with E-state index >= 15 is 0 Å². The van der Waals surface area contributed by atoms with Gasteiger partial charge in [-0.05, 0) is 25.1 Å². The molecule has 0 bridgehead atoms. The molecule has 0 radical (unpaired) electrons. The summed E-state index contributed by atoms with van der Waals surface area (Å²) in [6.07, 6.45) is 0. The molecule has 136 valence electrons. The highest BCUT2D eigenvalue weighted by atomic mass is 32.1. The Labute approximate surface area is 157 Å². The molecule has 0 fully saturated rings. The smallest absolute Gasteiger partial charge is 0.348 e. The molecular weight excluding hydrogens is 374 g/mol. The van der Waals surface area contributed by atoms with E-state index in [4.69, 9.17) is 4.74 Å². The van der Waals surface area contributed by atoms with Gasteiger partial charge in [0.1, 0.15) is 9.71 Å². The lowest BCUT2D eigenvalue weighted by molar-refractivity contribution is -0.119. The third-order valence-electron chi connectivity index (χ3n) is 3.68. The summed E-state index contributed by atoms with van der Waals surface area (Å²) in [6, 6.07) is 5.19. The van der Waals surface area contributed by atoms with Crippen LogP contribution < -0.4 is 5.32 Å². The summed E-state index contributed by atoms with van der Waals surface area (Å²) >= 11 is 2.57. The minimum absolute atomic E-state index is 0.131. The van der Waals surface area contributed by atoms with Gasteiger partial charge in [0.05, 0.1) is 17.1 Å². The molecule has 7 nitrogen and oxygen atoms in total. The minimum Gasteiger partial charge on any atom is -0.453 e.